The predicted molar refractivity (Wildman–Crippen MR) is 55.9 cm³/mol. The van der Waals surface area contributed by atoms with Gasteiger partial charge in [0, 0.05) is 11.6 Å². The SMILES string of the molecule is CNC(C)(c1nccs1)C1(C)CC1. The molecule has 0 radical (unpaired) electrons. The van der Waals surface area contributed by atoms with Gasteiger partial charge in [0.2, 0.25) is 0 Å². The van der Waals surface area contributed by atoms with Crippen LogP contribution < -0.4 is 5.32 Å². The highest BCUT2D eigenvalue weighted by atomic mass is 32.1. The van der Waals surface area contributed by atoms with Gasteiger partial charge in [-0.3, -0.25) is 0 Å². The monoisotopic (exact) mass is 196 g/mol. The molecule has 1 fully saturated rings. The summed E-state index contributed by atoms with van der Waals surface area (Å²) in [4.78, 5) is 4.42. The first-order chi connectivity index (χ1) is 6.12. The molecule has 1 heterocycles. The molecule has 1 unspecified atom stereocenters. The van der Waals surface area contributed by atoms with Crippen LogP contribution in [0.25, 0.3) is 0 Å². The van der Waals surface area contributed by atoms with Crippen molar-refractivity contribution in [3.63, 3.8) is 0 Å². The third-order valence-corrected chi connectivity index (χ3v) is 4.56. The number of rotatable bonds is 3. The summed E-state index contributed by atoms with van der Waals surface area (Å²) in [5.41, 5.74) is 0.487. The number of aromatic nitrogens is 1. The van der Waals surface area contributed by atoms with Crippen LogP contribution in [0.2, 0.25) is 0 Å². The maximum atomic E-state index is 4.42. The summed E-state index contributed by atoms with van der Waals surface area (Å²) in [6, 6.07) is 0. The molecular formula is C10H16N2S. The Morgan fingerprint density at radius 1 is 1.62 bits per heavy atom. The summed E-state index contributed by atoms with van der Waals surface area (Å²) in [6.07, 6.45) is 4.51. The number of nitrogens with one attached hydrogen (secondary N) is 1. The quantitative estimate of drug-likeness (QED) is 0.803. The number of hydrogen-bond acceptors (Lipinski definition) is 3. The molecule has 2 nitrogen and oxygen atoms in total. The fourth-order valence-corrected chi connectivity index (χ4v) is 2.78. The van der Waals surface area contributed by atoms with E-state index in [2.05, 4.69) is 29.5 Å². The molecule has 0 aromatic carbocycles. The van der Waals surface area contributed by atoms with Gasteiger partial charge in [-0.1, -0.05) is 6.92 Å². The third kappa shape index (κ3) is 1.22. The zero-order chi connectivity index (χ0) is 9.53. The van der Waals surface area contributed by atoms with Gasteiger partial charge in [0.1, 0.15) is 5.01 Å². The van der Waals surface area contributed by atoms with Crippen LogP contribution >= 0.6 is 11.3 Å². The lowest BCUT2D eigenvalue weighted by atomic mass is 9.84. The lowest BCUT2D eigenvalue weighted by Crippen LogP contribution is -2.44. The molecule has 1 aliphatic carbocycles. The van der Waals surface area contributed by atoms with Crippen molar-refractivity contribution in [3.05, 3.63) is 16.6 Å². The lowest BCUT2D eigenvalue weighted by molar-refractivity contribution is 0.243. The Balaban J connectivity index is 2.36. The summed E-state index contributed by atoms with van der Waals surface area (Å²) in [6.45, 7) is 4.60. The fraction of sp³-hybridized carbons (Fsp3) is 0.700. The second-order valence-corrected chi connectivity index (χ2v) is 5.17. The minimum Gasteiger partial charge on any atom is -0.308 e. The van der Waals surface area contributed by atoms with E-state index in [1.54, 1.807) is 11.3 Å². The van der Waals surface area contributed by atoms with Crippen LogP contribution in [0.15, 0.2) is 11.6 Å². The molecule has 2 rings (SSSR count). The number of thiazole rings is 1. The van der Waals surface area contributed by atoms with Crippen LogP contribution in [0, 0.1) is 5.41 Å². The van der Waals surface area contributed by atoms with Crippen LogP contribution in [0.3, 0.4) is 0 Å². The second-order valence-electron chi connectivity index (χ2n) is 4.27. The van der Waals surface area contributed by atoms with Crippen molar-refractivity contribution < 1.29 is 0 Å². The predicted octanol–water partition coefficient (Wildman–Crippen LogP) is 2.38. The summed E-state index contributed by atoms with van der Waals surface area (Å²) in [5.74, 6) is 0. The van der Waals surface area contributed by atoms with E-state index >= 15 is 0 Å². The summed E-state index contributed by atoms with van der Waals surface area (Å²) >= 11 is 1.75. The summed E-state index contributed by atoms with van der Waals surface area (Å²) in [7, 11) is 2.03. The molecule has 1 N–H and O–H groups in total. The zero-order valence-corrected chi connectivity index (χ0v) is 9.24. The largest absolute Gasteiger partial charge is 0.308 e. The van der Waals surface area contributed by atoms with E-state index < -0.39 is 0 Å². The molecule has 1 aliphatic rings. The van der Waals surface area contributed by atoms with E-state index in [-0.39, 0.29) is 5.54 Å². The van der Waals surface area contributed by atoms with Gasteiger partial charge in [0.05, 0.1) is 5.54 Å². The number of nitrogens with zero attached hydrogens (tertiary/aromatic N) is 1. The van der Waals surface area contributed by atoms with E-state index in [1.165, 1.54) is 17.8 Å². The highest BCUT2D eigenvalue weighted by Crippen LogP contribution is 2.57. The Morgan fingerprint density at radius 2 is 2.31 bits per heavy atom. The summed E-state index contributed by atoms with van der Waals surface area (Å²) in [5, 5.41) is 6.70. The first-order valence-electron chi connectivity index (χ1n) is 4.71. The van der Waals surface area contributed by atoms with Crippen LogP contribution in [0.5, 0.6) is 0 Å². The van der Waals surface area contributed by atoms with Gasteiger partial charge in [-0.25, -0.2) is 4.98 Å². The first kappa shape index (κ1) is 9.16. The van der Waals surface area contributed by atoms with Crippen molar-refractivity contribution in [2.24, 2.45) is 5.41 Å². The van der Waals surface area contributed by atoms with Crippen LogP contribution in [-0.4, -0.2) is 12.0 Å². The Labute approximate surface area is 83.4 Å². The summed E-state index contributed by atoms with van der Waals surface area (Å²) < 4.78 is 0. The van der Waals surface area contributed by atoms with Crippen molar-refractivity contribution in [1.82, 2.24) is 10.3 Å². The van der Waals surface area contributed by atoms with E-state index in [4.69, 9.17) is 0 Å². The normalized spacial score (nSPS) is 23.9. The molecule has 0 aliphatic heterocycles. The molecule has 3 heteroatoms. The van der Waals surface area contributed by atoms with Crippen molar-refractivity contribution in [2.45, 2.75) is 32.2 Å². The minimum absolute atomic E-state index is 0.0706. The minimum atomic E-state index is 0.0706. The Morgan fingerprint density at radius 3 is 2.69 bits per heavy atom. The van der Waals surface area contributed by atoms with Gasteiger partial charge >= 0.3 is 0 Å². The highest BCUT2D eigenvalue weighted by molar-refractivity contribution is 7.09. The standard InChI is InChI=1S/C10H16N2S/c1-9(4-5-9)10(2,11-3)8-12-6-7-13-8/h6-7,11H,4-5H2,1-3H3. The fourth-order valence-electron chi connectivity index (χ4n) is 1.82. The van der Waals surface area contributed by atoms with Gasteiger partial charge in [-0.2, -0.15) is 0 Å². The number of hydrogen-bond donors (Lipinski definition) is 1. The molecule has 13 heavy (non-hydrogen) atoms. The van der Waals surface area contributed by atoms with Crippen molar-refractivity contribution in [2.75, 3.05) is 7.05 Å². The van der Waals surface area contributed by atoms with Gasteiger partial charge in [-0.05, 0) is 32.2 Å². The zero-order valence-electron chi connectivity index (χ0n) is 8.42. The molecule has 0 bridgehead atoms. The molecule has 1 atom stereocenters. The van der Waals surface area contributed by atoms with Gasteiger partial charge < -0.3 is 5.32 Å². The molecular weight excluding hydrogens is 180 g/mol. The van der Waals surface area contributed by atoms with E-state index in [0.29, 0.717) is 5.41 Å². The van der Waals surface area contributed by atoms with Crippen molar-refractivity contribution in [3.8, 4) is 0 Å². The van der Waals surface area contributed by atoms with Crippen molar-refractivity contribution >= 4 is 11.3 Å². The third-order valence-electron chi connectivity index (χ3n) is 3.57. The maximum Gasteiger partial charge on any atom is 0.113 e. The Kier molecular flexibility index (Phi) is 1.96. The lowest BCUT2D eigenvalue weighted by Gasteiger charge is -2.34. The van der Waals surface area contributed by atoms with Crippen LogP contribution in [0.4, 0.5) is 0 Å². The Bertz CT molecular complexity index is 290. The molecule has 1 saturated carbocycles. The van der Waals surface area contributed by atoms with E-state index in [1.807, 2.05) is 13.2 Å². The van der Waals surface area contributed by atoms with Crippen molar-refractivity contribution in [1.29, 1.82) is 0 Å². The van der Waals surface area contributed by atoms with E-state index in [0.717, 1.165) is 0 Å². The topological polar surface area (TPSA) is 24.9 Å². The smallest absolute Gasteiger partial charge is 0.113 e. The maximum absolute atomic E-state index is 4.42. The molecule has 72 valence electrons. The molecule has 1 aromatic heterocycles. The molecule has 1 aromatic rings. The first-order valence-corrected chi connectivity index (χ1v) is 5.59. The van der Waals surface area contributed by atoms with Crippen LogP contribution in [0.1, 0.15) is 31.7 Å². The molecule has 0 spiro atoms. The van der Waals surface area contributed by atoms with E-state index in [9.17, 15) is 0 Å². The second kappa shape index (κ2) is 2.79. The average molecular weight is 196 g/mol. The highest BCUT2D eigenvalue weighted by Gasteiger charge is 2.54. The van der Waals surface area contributed by atoms with Gasteiger partial charge in [0.15, 0.2) is 0 Å². The van der Waals surface area contributed by atoms with Gasteiger partial charge in [-0.15, -0.1) is 11.3 Å². The average Bonchev–Trinajstić information content (AvgIpc) is 2.72. The Hall–Kier alpha value is -0.410. The van der Waals surface area contributed by atoms with Crippen LogP contribution in [-0.2, 0) is 5.54 Å². The molecule has 0 amide bonds. The molecule has 0 saturated heterocycles. The van der Waals surface area contributed by atoms with Gasteiger partial charge in [0.25, 0.3) is 0 Å².